The summed E-state index contributed by atoms with van der Waals surface area (Å²) in [6.07, 6.45) is 0.733. The monoisotopic (exact) mass is 264 g/mol. The molecule has 0 aliphatic rings. The zero-order valence-electron chi connectivity index (χ0n) is 11.9. The quantitative estimate of drug-likeness (QED) is 0.762. The maximum absolute atomic E-state index is 12.2. The van der Waals surface area contributed by atoms with Gasteiger partial charge in [0.25, 0.3) is 0 Å². The third-order valence-corrected chi connectivity index (χ3v) is 2.96. The van der Waals surface area contributed by atoms with Gasteiger partial charge in [-0.2, -0.15) is 0 Å². The van der Waals surface area contributed by atoms with Crippen molar-refractivity contribution in [3.8, 4) is 0 Å². The smallest absolute Gasteiger partial charge is 0.228 e. The lowest BCUT2D eigenvalue weighted by molar-refractivity contribution is -0.120. The van der Waals surface area contributed by atoms with Gasteiger partial charge in [0.2, 0.25) is 5.91 Å². The van der Waals surface area contributed by atoms with E-state index in [4.69, 9.17) is 5.73 Å². The molecule has 0 bridgehead atoms. The standard InChI is InChI=1S/C15H24N2O2/c1-15(2,3)8-12(9-16)14(19)17-13-7-5-4-6-11(13)10-18/h4-7,12,18H,8-10,16H2,1-3H3,(H,17,19). The van der Waals surface area contributed by atoms with Crippen molar-refractivity contribution in [1.82, 2.24) is 0 Å². The Labute approximate surface area is 115 Å². The highest BCUT2D eigenvalue weighted by molar-refractivity contribution is 5.93. The Balaban J connectivity index is 2.77. The molecule has 0 spiro atoms. The van der Waals surface area contributed by atoms with E-state index in [9.17, 15) is 9.90 Å². The lowest BCUT2D eigenvalue weighted by Gasteiger charge is -2.24. The molecule has 106 valence electrons. The van der Waals surface area contributed by atoms with Gasteiger partial charge in [-0.1, -0.05) is 39.0 Å². The first-order chi connectivity index (χ1) is 8.87. The van der Waals surface area contributed by atoms with Gasteiger partial charge >= 0.3 is 0 Å². The molecule has 0 saturated heterocycles. The zero-order valence-corrected chi connectivity index (χ0v) is 11.9. The van der Waals surface area contributed by atoms with Crippen LogP contribution in [0.1, 0.15) is 32.8 Å². The molecule has 0 saturated carbocycles. The van der Waals surface area contributed by atoms with E-state index in [0.717, 1.165) is 6.42 Å². The molecule has 19 heavy (non-hydrogen) atoms. The van der Waals surface area contributed by atoms with E-state index < -0.39 is 0 Å². The number of carbonyl (C=O) groups excluding carboxylic acids is 1. The zero-order chi connectivity index (χ0) is 14.5. The van der Waals surface area contributed by atoms with Gasteiger partial charge in [-0.05, 0) is 17.9 Å². The van der Waals surface area contributed by atoms with E-state index in [1.54, 1.807) is 12.1 Å². The molecule has 1 amide bonds. The molecule has 0 aromatic heterocycles. The topological polar surface area (TPSA) is 75.4 Å². The maximum atomic E-state index is 12.2. The molecule has 4 nitrogen and oxygen atoms in total. The molecule has 1 aromatic rings. The predicted molar refractivity (Wildman–Crippen MR) is 77.6 cm³/mol. The number of benzene rings is 1. The van der Waals surface area contributed by atoms with E-state index in [0.29, 0.717) is 17.8 Å². The maximum Gasteiger partial charge on any atom is 0.228 e. The van der Waals surface area contributed by atoms with Gasteiger partial charge in [0.1, 0.15) is 0 Å². The number of para-hydroxylation sites is 1. The van der Waals surface area contributed by atoms with Gasteiger partial charge in [-0.25, -0.2) is 0 Å². The largest absolute Gasteiger partial charge is 0.392 e. The minimum absolute atomic E-state index is 0.0534. The van der Waals surface area contributed by atoms with E-state index in [1.165, 1.54) is 0 Å². The Morgan fingerprint density at radius 2 is 2.00 bits per heavy atom. The lowest BCUT2D eigenvalue weighted by Crippen LogP contribution is -2.32. The Kier molecular flexibility index (Phi) is 5.51. The van der Waals surface area contributed by atoms with Crippen molar-refractivity contribution in [1.29, 1.82) is 0 Å². The number of nitrogens with two attached hydrogens (primary N) is 1. The highest BCUT2D eigenvalue weighted by Gasteiger charge is 2.24. The van der Waals surface area contributed by atoms with Crippen molar-refractivity contribution in [2.45, 2.75) is 33.8 Å². The van der Waals surface area contributed by atoms with Crippen LogP contribution >= 0.6 is 0 Å². The molecule has 0 aliphatic carbocycles. The first kappa shape index (κ1) is 15.7. The number of aliphatic hydroxyl groups excluding tert-OH is 1. The first-order valence-corrected chi connectivity index (χ1v) is 6.57. The molecule has 1 atom stereocenters. The van der Waals surface area contributed by atoms with E-state index >= 15 is 0 Å². The Morgan fingerprint density at radius 1 is 1.37 bits per heavy atom. The van der Waals surface area contributed by atoms with Crippen LogP contribution in [-0.4, -0.2) is 17.6 Å². The van der Waals surface area contributed by atoms with Crippen LogP contribution in [0.4, 0.5) is 5.69 Å². The highest BCUT2D eigenvalue weighted by atomic mass is 16.3. The van der Waals surface area contributed by atoms with Crippen LogP contribution in [0.15, 0.2) is 24.3 Å². The van der Waals surface area contributed by atoms with Gasteiger partial charge in [0.15, 0.2) is 0 Å². The van der Waals surface area contributed by atoms with Crippen molar-refractivity contribution in [2.75, 3.05) is 11.9 Å². The third-order valence-electron chi connectivity index (χ3n) is 2.96. The molecule has 0 fully saturated rings. The van der Waals surface area contributed by atoms with Gasteiger partial charge in [0.05, 0.1) is 12.5 Å². The number of carbonyl (C=O) groups is 1. The summed E-state index contributed by atoms with van der Waals surface area (Å²) in [5.41, 5.74) is 7.11. The second-order valence-corrected chi connectivity index (χ2v) is 6.00. The predicted octanol–water partition coefficient (Wildman–Crippen LogP) is 2.13. The summed E-state index contributed by atoms with van der Waals surface area (Å²) in [4.78, 5) is 12.2. The molecule has 4 N–H and O–H groups in total. The van der Waals surface area contributed by atoms with Crippen molar-refractivity contribution in [3.63, 3.8) is 0 Å². The van der Waals surface area contributed by atoms with Crippen LogP contribution in [0, 0.1) is 11.3 Å². The number of rotatable bonds is 5. The second-order valence-electron chi connectivity index (χ2n) is 6.00. The Bertz CT molecular complexity index is 424. The van der Waals surface area contributed by atoms with Gasteiger partial charge in [0, 0.05) is 17.8 Å². The molecule has 1 unspecified atom stereocenters. The summed E-state index contributed by atoms with van der Waals surface area (Å²) in [6, 6.07) is 7.23. The Hall–Kier alpha value is -1.39. The Morgan fingerprint density at radius 3 is 2.53 bits per heavy atom. The van der Waals surface area contributed by atoms with E-state index in [-0.39, 0.29) is 23.8 Å². The number of nitrogens with one attached hydrogen (secondary N) is 1. The lowest BCUT2D eigenvalue weighted by atomic mass is 9.84. The number of hydrogen-bond donors (Lipinski definition) is 3. The summed E-state index contributed by atoms with van der Waals surface area (Å²) in [7, 11) is 0. The van der Waals surface area contributed by atoms with E-state index in [1.807, 2.05) is 12.1 Å². The molecule has 1 aromatic carbocycles. The number of amides is 1. The molecular weight excluding hydrogens is 240 g/mol. The van der Waals surface area contributed by atoms with Crippen LogP contribution in [0.25, 0.3) is 0 Å². The fourth-order valence-corrected chi connectivity index (χ4v) is 2.04. The van der Waals surface area contributed by atoms with E-state index in [2.05, 4.69) is 26.1 Å². The van der Waals surface area contributed by atoms with Crippen LogP contribution < -0.4 is 11.1 Å². The normalized spacial score (nSPS) is 13.1. The second kappa shape index (κ2) is 6.68. The molecule has 0 radical (unpaired) electrons. The number of aliphatic hydroxyl groups is 1. The fourth-order valence-electron chi connectivity index (χ4n) is 2.04. The minimum atomic E-state index is -0.216. The number of hydrogen-bond acceptors (Lipinski definition) is 3. The van der Waals surface area contributed by atoms with Crippen LogP contribution in [0.5, 0.6) is 0 Å². The molecule has 0 heterocycles. The summed E-state index contributed by atoms with van der Waals surface area (Å²) >= 11 is 0. The minimum Gasteiger partial charge on any atom is -0.392 e. The summed E-state index contributed by atoms with van der Waals surface area (Å²) in [6.45, 7) is 6.49. The molecule has 0 aliphatic heterocycles. The summed E-state index contributed by atoms with van der Waals surface area (Å²) in [5.74, 6) is -0.301. The fraction of sp³-hybridized carbons (Fsp3) is 0.533. The summed E-state index contributed by atoms with van der Waals surface area (Å²) < 4.78 is 0. The highest BCUT2D eigenvalue weighted by Crippen LogP contribution is 2.25. The van der Waals surface area contributed by atoms with Crippen molar-refractivity contribution in [2.24, 2.45) is 17.1 Å². The van der Waals surface area contributed by atoms with Crippen LogP contribution in [-0.2, 0) is 11.4 Å². The first-order valence-electron chi connectivity index (χ1n) is 6.57. The van der Waals surface area contributed by atoms with Crippen LogP contribution in [0.3, 0.4) is 0 Å². The van der Waals surface area contributed by atoms with Crippen molar-refractivity contribution in [3.05, 3.63) is 29.8 Å². The third kappa shape index (κ3) is 5.01. The van der Waals surface area contributed by atoms with Crippen molar-refractivity contribution >= 4 is 11.6 Å². The molecule has 1 rings (SSSR count). The van der Waals surface area contributed by atoms with Gasteiger partial charge < -0.3 is 16.2 Å². The van der Waals surface area contributed by atoms with Crippen LogP contribution in [0.2, 0.25) is 0 Å². The molecular formula is C15H24N2O2. The number of anilines is 1. The SMILES string of the molecule is CC(C)(C)CC(CN)C(=O)Nc1ccccc1CO. The average molecular weight is 264 g/mol. The van der Waals surface area contributed by atoms with Crippen molar-refractivity contribution < 1.29 is 9.90 Å². The van der Waals surface area contributed by atoms with Gasteiger partial charge in [-0.3, -0.25) is 4.79 Å². The summed E-state index contributed by atoms with van der Waals surface area (Å²) in [5, 5.41) is 12.1. The average Bonchev–Trinajstić information content (AvgIpc) is 2.35. The van der Waals surface area contributed by atoms with Gasteiger partial charge in [-0.15, -0.1) is 0 Å². The molecule has 4 heteroatoms.